The highest BCUT2D eigenvalue weighted by Crippen LogP contribution is 2.26. The monoisotopic (exact) mass is 597 g/mol. The number of rotatable bonds is 9. The summed E-state index contributed by atoms with van der Waals surface area (Å²) in [5, 5.41) is 14.3. The molecule has 11 heteroatoms. The molecule has 2 atom stereocenters. The van der Waals surface area contributed by atoms with Crippen LogP contribution >= 0.6 is 11.3 Å². The Morgan fingerprint density at radius 1 is 1.14 bits per heavy atom. The van der Waals surface area contributed by atoms with Gasteiger partial charge in [-0.15, -0.1) is 11.3 Å². The Kier molecular flexibility index (Phi) is 13.6. The van der Waals surface area contributed by atoms with Gasteiger partial charge in [0.25, 0.3) is 0 Å². The maximum absolute atomic E-state index is 12.7. The second kappa shape index (κ2) is 16.9. The van der Waals surface area contributed by atoms with Crippen molar-refractivity contribution in [2.45, 2.75) is 66.1 Å². The number of amides is 3. The van der Waals surface area contributed by atoms with Crippen LogP contribution in [0.25, 0.3) is 0 Å². The Hall–Kier alpha value is -4.25. The number of hydrogen-bond donors (Lipinski definition) is 4. The van der Waals surface area contributed by atoms with E-state index >= 15 is 0 Å². The number of hydrogen-bond acceptors (Lipinski definition) is 6. The lowest BCUT2D eigenvalue weighted by Crippen LogP contribution is -2.50. The van der Waals surface area contributed by atoms with Crippen LogP contribution in [0.4, 0.5) is 4.39 Å². The van der Waals surface area contributed by atoms with Crippen LogP contribution in [-0.2, 0) is 20.9 Å². The van der Waals surface area contributed by atoms with Gasteiger partial charge in [-0.3, -0.25) is 19.8 Å². The zero-order valence-corrected chi connectivity index (χ0v) is 25.5. The zero-order chi connectivity index (χ0) is 31.2. The van der Waals surface area contributed by atoms with E-state index in [0.717, 1.165) is 22.6 Å². The van der Waals surface area contributed by atoms with Crippen molar-refractivity contribution in [2.24, 2.45) is 5.73 Å². The quantitative estimate of drug-likeness (QED) is 0.156. The van der Waals surface area contributed by atoms with Crippen LogP contribution in [0.5, 0.6) is 11.5 Å². The van der Waals surface area contributed by atoms with Gasteiger partial charge in [-0.1, -0.05) is 31.5 Å². The van der Waals surface area contributed by atoms with E-state index in [-0.39, 0.29) is 36.1 Å². The van der Waals surface area contributed by atoms with Gasteiger partial charge in [0.2, 0.25) is 18.2 Å². The third-order valence-electron chi connectivity index (χ3n) is 6.37. The molecule has 0 saturated carbocycles. The van der Waals surface area contributed by atoms with Crippen LogP contribution in [0, 0.1) is 25.1 Å². The molecule has 1 aromatic heterocycles. The van der Waals surface area contributed by atoms with Crippen molar-refractivity contribution in [1.82, 2.24) is 15.5 Å². The largest absolute Gasteiger partial charge is 0.457 e. The lowest BCUT2D eigenvalue weighted by Gasteiger charge is -2.27. The van der Waals surface area contributed by atoms with E-state index in [1.54, 1.807) is 28.5 Å². The minimum atomic E-state index is -0.520. The third-order valence-corrected chi connectivity index (χ3v) is 7.31. The SMILES string of the molecule is CC.CC1CCC(C(=O)NCc2cc(C(=N)N)cs2)N1C(=O)CNC=O.Cc1ccc(Oc2ccc(F)cc2)c(C)c1. The number of halogens is 1. The molecule has 3 aromatic rings. The van der Waals surface area contributed by atoms with Gasteiger partial charge in [-0.05, 0) is 75.6 Å². The normalized spacial score (nSPS) is 15.3. The van der Waals surface area contributed by atoms with Crippen molar-refractivity contribution in [3.63, 3.8) is 0 Å². The number of carbonyl (C=O) groups is 3. The molecule has 2 heterocycles. The molecule has 1 saturated heterocycles. The molecule has 4 rings (SSSR count). The molecule has 2 aromatic carbocycles. The van der Waals surface area contributed by atoms with Gasteiger partial charge in [0.15, 0.2) is 0 Å². The molecule has 0 radical (unpaired) electrons. The molecule has 42 heavy (non-hydrogen) atoms. The Bertz CT molecular complexity index is 1350. The first-order valence-corrected chi connectivity index (χ1v) is 14.7. The molecular weight excluding hydrogens is 557 g/mol. The van der Waals surface area contributed by atoms with Gasteiger partial charge in [-0.2, -0.15) is 0 Å². The summed E-state index contributed by atoms with van der Waals surface area (Å²) in [4.78, 5) is 37.4. The van der Waals surface area contributed by atoms with E-state index in [4.69, 9.17) is 15.9 Å². The Balaban J connectivity index is 0.000000296. The summed E-state index contributed by atoms with van der Waals surface area (Å²) >= 11 is 1.42. The second-order valence-electron chi connectivity index (χ2n) is 9.50. The fraction of sp³-hybridized carbons (Fsp3) is 0.355. The summed E-state index contributed by atoms with van der Waals surface area (Å²) in [5.41, 5.74) is 8.32. The predicted molar refractivity (Wildman–Crippen MR) is 164 cm³/mol. The molecule has 0 spiro atoms. The maximum Gasteiger partial charge on any atom is 0.243 e. The number of carbonyl (C=O) groups excluding carboxylic acids is 3. The number of likely N-dealkylation sites (tertiary alicyclic amines) is 1. The van der Waals surface area contributed by atoms with E-state index in [2.05, 4.69) is 16.7 Å². The van der Waals surface area contributed by atoms with E-state index in [1.165, 1.54) is 29.0 Å². The number of nitrogens with zero attached hydrogens (tertiary/aromatic N) is 1. The van der Waals surface area contributed by atoms with Crippen molar-refractivity contribution in [2.75, 3.05) is 6.54 Å². The summed E-state index contributed by atoms with van der Waals surface area (Å²) in [6, 6.07) is 13.2. The molecule has 2 unspecified atom stereocenters. The van der Waals surface area contributed by atoms with Gasteiger partial charge < -0.3 is 26.0 Å². The highest BCUT2D eigenvalue weighted by atomic mass is 32.1. The molecule has 3 amide bonds. The van der Waals surface area contributed by atoms with Gasteiger partial charge >= 0.3 is 0 Å². The van der Waals surface area contributed by atoms with E-state index < -0.39 is 6.04 Å². The van der Waals surface area contributed by atoms with Gasteiger partial charge in [0.05, 0.1) is 13.1 Å². The Labute approximate surface area is 250 Å². The van der Waals surface area contributed by atoms with E-state index in [9.17, 15) is 18.8 Å². The number of benzene rings is 2. The van der Waals surface area contributed by atoms with E-state index in [1.807, 2.05) is 46.8 Å². The van der Waals surface area contributed by atoms with Crippen molar-refractivity contribution in [1.29, 1.82) is 5.41 Å². The average Bonchev–Trinajstić information content (AvgIpc) is 3.61. The smallest absolute Gasteiger partial charge is 0.243 e. The van der Waals surface area contributed by atoms with Crippen LogP contribution in [-0.4, -0.2) is 47.6 Å². The summed E-state index contributed by atoms with van der Waals surface area (Å²) < 4.78 is 18.4. The summed E-state index contributed by atoms with van der Waals surface area (Å²) in [6.45, 7) is 10.1. The number of amidine groups is 1. The lowest BCUT2D eigenvalue weighted by molar-refractivity contribution is -0.139. The van der Waals surface area contributed by atoms with Crippen LogP contribution in [0.3, 0.4) is 0 Å². The molecular formula is C31H40FN5O4S. The van der Waals surface area contributed by atoms with Gasteiger partial charge in [0.1, 0.15) is 29.2 Å². The van der Waals surface area contributed by atoms with Gasteiger partial charge in [-0.25, -0.2) is 4.39 Å². The standard InChI is InChI=1S/C15H21N5O3S.C14H13FO.C2H6/c1-9-2-3-12(20(9)13(22)6-18-8-21)15(23)19-5-11-4-10(7-24-11)14(16)17;1-10-3-8-14(11(2)9-10)16-13-6-4-12(15)5-7-13;1-2/h4,7-9,12H,2-3,5-6H2,1H3,(H3,16,17)(H,18,21)(H,19,23);3-9H,1-2H3;1-2H3. The number of aryl methyl sites for hydroxylation is 2. The molecule has 226 valence electrons. The number of ether oxygens (including phenoxy) is 1. The molecule has 1 fully saturated rings. The number of nitrogen functional groups attached to an aromatic ring is 1. The third kappa shape index (κ3) is 9.99. The van der Waals surface area contributed by atoms with Crippen LogP contribution in [0.2, 0.25) is 0 Å². The van der Waals surface area contributed by atoms with Crippen LogP contribution in [0.1, 0.15) is 55.2 Å². The fourth-order valence-corrected chi connectivity index (χ4v) is 5.16. The average molecular weight is 598 g/mol. The van der Waals surface area contributed by atoms with Crippen molar-refractivity contribution < 1.29 is 23.5 Å². The number of nitrogens with two attached hydrogens (primary N) is 1. The Morgan fingerprint density at radius 3 is 2.43 bits per heavy atom. The summed E-state index contributed by atoms with van der Waals surface area (Å²) in [5.74, 6) is 0.713. The van der Waals surface area contributed by atoms with Crippen LogP contribution < -0.4 is 21.1 Å². The molecule has 0 bridgehead atoms. The zero-order valence-electron chi connectivity index (χ0n) is 24.7. The first-order valence-electron chi connectivity index (χ1n) is 13.8. The van der Waals surface area contributed by atoms with Crippen LogP contribution in [0.15, 0.2) is 53.9 Å². The molecule has 5 N–H and O–H groups in total. The van der Waals surface area contributed by atoms with Crippen molar-refractivity contribution >= 4 is 35.4 Å². The molecule has 1 aliphatic rings. The number of nitrogens with one attached hydrogen (secondary N) is 3. The minimum Gasteiger partial charge on any atom is -0.457 e. The molecule has 0 aliphatic carbocycles. The minimum absolute atomic E-state index is 0.00658. The molecule has 9 nitrogen and oxygen atoms in total. The number of thiophene rings is 1. The fourth-order valence-electron chi connectivity index (χ4n) is 4.33. The highest BCUT2D eigenvalue weighted by molar-refractivity contribution is 7.10. The predicted octanol–water partition coefficient (Wildman–Crippen LogP) is 5.03. The van der Waals surface area contributed by atoms with Gasteiger partial charge in [0, 0.05) is 21.9 Å². The first-order chi connectivity index (χ1) is 20.1. The lowest BCUT2D eigenvalue weighted by atomic mass is 10.1. The molecule has 1 aliphatic heterocycles. The summed E-state index contributed by atoms with van der Waals surface area (Å²) in [6.07, 6.45) is 1.82. The van der Waals surface area contributed by atoms with Crippen molar-refractivity contribution in [3.8, 4) is 11.5 Å². The van der Waals surface area contributed by atoms with Crippen molar-refractivity contribution in [3.05, 3.63) is 81.3 Å². The Morgan fingerprint density at radius 2 is 1.83 bits per heavy atom. The second-order valence-corrected chi connectivity index (χ2v) is 10.5. The topological polar surface area (TPSA) is 138 Å². The first kappa shape index (κ1) is 34.0. The highest BCUT2D eigenvalue weighted by Gasteiger charge is 2.38. The summed E-state index contributed by atoms with van der Waals surface area (Å²) in [7, 11) is 0. The van der Waals surface area contributed by atoms with E-state index in [0.29, 0.717) is 30.7 Å². The maximum atomic E-state index is 12.7.